The van der Waals surface area contributed by atoms with E-state index in [1.807, 2.05) is 12.1 Å². The molecule has 3 rings (SSSR count). The van der Waals surface area contributed by atoms with Gasteiger partial charge < -0.3 is 4.98 Å². The molecule has 1 aliphatic rings. The molecule has 0 saturated heterocycles. The molecule has 16 heavy (non-hydrogen) atoms. The van der Waals surface area contributed by atoms with E-state index >= 15 is 0 Å². The number of halogens is 1. The van der Waals surface area contributed by atoms with Gasteiger partial charge in [0.25, 0.3) is 0 Å². The Balaban J connectivity index is 2.16. The van der Waals surface area contributed by atoms with Crippen LogP contribution in [0.3, 0.4) is 0 Å². The predicted octanol–water partition coefficient (Wildman–Crippen LogP) is 3.16. The lowest BCUT2D eigenvalue weighted by atomic mass is 9.68. The summed E-state index contributed by atoms with van der Waals surface area (Å²) in [6.45, 7) is 0. The Morgan fingerprint density at radius 1 is 1.44 bits per heavy atom. The first-order chi connectivity index (χ1) is 7.73. The van der Waals surface area contributed by atoms with Crippen LogP contribution in [-0.2, 0) is 5.41 Å². The van der Waals surface area contributed by atoms with Gasteiger partial charge in [-0.05, 0) is 31.4 Å². The first-order valence-electron chi connectivity index (χ1n) is 5.29. The normalized spacial score (nSPS) is 18.0. The predicted molar refractivity (Wildman–Crippen MR) is 62.2 cm³/mol. The smallest absolute Gasteiger partial charge is 0.0971 e. The number of pyridine rings is 1. The molecule has 1 aliphatic carbocycles. The van der Waals surface area contributed by atoms with Gasteiger partial charge in [-0.25, -0.2) is 0 Å². The zero-order chi connectivity index (χ0) is 11.2. The number of aromatic amines is 1. The van der Waals surface area contributed by atoms with Crippen LogP contribution in [0.4, 0.5) is 0 Å². The summed E-state index contributed by atoms with van der Waals surface area (Å²) in [4.78, 5) is 7.50. The van der Waals surface area contributed by atoms with Crippen LogP contribution >= 0.6 is 11.6 Å². The summed E-state index contributed by atoms with van der Waals surface area (Å²) in [5, 5.41) is 9.86. The van der Waals surface area contributed by atoms with Crippen LogP contribution in [0.2, 0.25) is 5.02 Å². The Labute approximate surface area is 98.1 Å². The number of nitrogens with one attached hydrogen (secondary N) is 1. The van der Waals surface area contributed by atoms with Crippen LogP contribution in [-0.4, -0.2) is 9.97 Å². The second kappa shape index (κ2) is 3.23. The lowest BCUT2D eigenvalue weighted by Gasteiger charge is -2.34. The fourth-order valence-corrected chi connectivity index (χ4v) is 2.37. The van der Waals surface area contributed by atoms with E-state index in [9.17, 15) is 5.26 Å². The molecule has 0 aromatic carbocycles. The van der Waals surface area contributed by atoms with Crippen molar-refractivity contribution in [2.45, 2.75) is 24.7 Å². The van der Waals surface area contributed by atoms with Gasteiger partial charge in [0.2, 0.25) is 0 Å². The molecule has 80 valence electrons. The largest absolute Gasteiger partial charge is 0.356 e. The lowest BCUT2D eigenvalue weighted by molar-refractivity contribution is 0.318. The van der Waals surface area contributed by atoms with Gasteiger partial charge in [-0.15, -0.1) is 0 Å². The summed E-state index contributed by atoms with van der Waals surface area (Å²) in [5.41, 5.74) is 2.45. The molecule has 0 bridgehead atoms. The molecular formula is C12H10ClN3. The SMILES string of the molecule is N#CC1(c2cc3ncc(Cl)cc3[nH]2)CCC1. The van der Waals surface area contributed by atoms with Crippen molar-refractivity contribution in [2.75, 3.05) is 0 Å². The molecule has 2 aromatic rings. The topological polar surface area (TPSA) is 52.5 Å². The molecular weight excluding hydrogens is 222 g/mol. The summed E-state index contributed by atoms with van der Waals surface area (Å²) in [6.07, 6.45) is 4.62. The molecule has 1 fully saturated rings. The average Bonchev–Trinajstić information content (AvgIpc) is 2.60. The summed E-state index contributed by atoms with van der Waals surface area (Å²) in [7, 11) is 0. The van der Waals surface area contributed by atoms with E-state index in [0.717, 1.165) is 36.0 Å². The molecule has 2 heterocycles. The maximum absolute atomic E-state index is 9.25. The van der Waals surface area contributed by atoms with Crippen molar-refractivity contribution in [1.29, 1.82) is 5.26 Å². The Kier molecular flexibility index (Phi) is 1.95. The monoisotopic (exact) mass is 231 g/mol. The summed E-state index contributed by atoms with van der Waals surface area (Å²) in [5.74, 6) is 0. The lowest BCUT2D eigenvalue weighted by Crippen LogP contribution is -2.32. The molecule has 0 atom stereocenters. The second-order valence-electron chi connectivity index (χ2n) is 4.32. The number of rotatable bonds is 1. The van der Waals surface area contributed by atoms with Crippen LogP contribution in [0, 0.1) is 11.3 Å². The van der Waals surface area contributed by atoms with Crippen LogP contribution in [0.1, 0.15) is 25.0 Å². The Hall–Kier alpha value is -1.53. The summed E-state index contributed by atoms with van der Waals surface area (Å²) >= 11 is 5.88. The van der Waals surface area contributed by atoms with Crippen molar-refractivity contribution < 1.29 is 0 Å². The third-order valence-corrected chi connectivity index (χ3v) is 3.58. The van der Waals surface area contributed by atoms with E-state index in [2.05, 4.69) is 16.0 Å². The van der Waals surface area contributed by atoms with Crippen molar-refractivity contribution in [3.63, 3.8) is 0 Å². The molecule has 3 nitrogen and oxygen atoms in total. The highest BCUT2D eigenvalue weighted by atomic mass is 35.5. The van der Waals surface area contributed by atoms with Gasteiger partial charge in [0.05, 0.1) is 27.5 Å². The van der Waals surface area contributed by atoms with Crippen molar-refractivity contribution >= 4 is 22.6 Å². The van der Waals surface area contributed by atoms with E-state index in [1.54, 1.807) is 6.20 Å². The third kappa shape index (κ3) is 1.23. The van der Waals surface area contributed by atoms with Gasteiger partial charge in [0.15, 0.2) is 0 Å². The van der Waals surface area contributed by atoms with Gasteiger partial charge in [0.1, 0.15) is 0 Å². The quantitative estimate of drug-likeness (QED) is 0.820. The van der Waals surface area contributed by atoms with E-state index < -0.39 is 0 Å². The van der Waals surface area contributed by atoms with Gasteiger partial charge in [-0.1, -0.05) is 11.6 Å². The Morgan fingerprint density at radius 2 is 2.25 bits per heavy atom. The van der Waals surface area contributed by atoms with E-state index in [1.165, 1.54) is 0 Å². The fourth-order valence-electron chi connectivity index (χ4n) is 2.21. The molecule has 1 N–H and O–H groups in total. The number of fused-ring (bicyclic) bond motifs is 1. The van der Waals surface area contributed by atoms with Crippen LogP contribution in [0.15, 0.2) is 18.3 Å². The fraction of sp³-hybridized carbons (Fsp3) is 0.333. The molecule has 0 radical (unpaired) electrons. The first kappa shape index (κ1) is 9.68. The van der Waals surface area contributed by atoms with Crippen LogP contribution in [0.5, 0.6) is 0 Å². The summed E-state index contributed by atoms with van der Waals surface area (Å²) < 4.78 is 0. The Bertz CT molecular complexity index is 590. The maximum atomic E-state index is 9.25. The van der Waals surface area contributed by atoms with E-state index in [-0.39, 0.29) is 5.41 Å². The number of hydrogen-bond donors (Lipinski definition) is 1. The van der Waals surface area contributed by atoms with Crippen molar-refractivity contribution in [3.8, 4) is 6.07 Å². The van der Waals surface area contributed by atoms with Gasteiger partial charge >= 0.3 is 0 Å². The van der Waals surface area contributed by atoms with Gasteiger partial charge in [0, 0.05) is 11.9 Å². The molecule has 0 unspecified atom stereocenters. The van der Waals surface area contributed by atoms with Gasteiger partial charge in [-0.3, -0.25) is 4.98 Å². The zero-order valence-electron chi connectivity index (χ0n) is 8.63. The first-order valence-corrected chi connectivity index (χ1v) is 5.67. The number of H-pyrrole nitrogens is 1. The van der Waals surface area contributed by atoms with Crippen molar-refractivity contribution in [2.24, 2.45) is 0 Å². The average molecular weight is 232 g/mol. The maximum Gasteiger partial charge on any atom is 0.0971 e. The van der Waals surface area contributed by atoms with Crippen LogP contribution < -0.4 is 0 Å². The van der Waals surface area contributed by atoms with Crippen molar-refractivity contribution in [1.82, 2.24) is 9.97 Å². The van der Waals surface area contributed by atoms with E-state index in [0.29, 0.717) is 5.02 Å². The second-order valence-corrected chi connectivity index (χ2v) is 4.75. The zero-order valence-corrected chi connectivity index (χ0v) is 9.38. The molecule has 0 aliphatic heterocycles. The molecule has 2 aromatic heterocycles. The molecule has 0 spiro atoms. The van der Waals surface area contributed by atoms with Crippen molar-refractivity contribution in [3.05, 3.63) is 29.0 Å². The number of nitrogens with zero attached hydrogens (tertiary/aromatic N) is 2. The standard InChI is InChI=1S/C12H10ClN3/c13-8-4-10-9(15-6-8)5-11(16-10)12(7-14)2-1-3-12/h4-6,16H,1-3H2. The minimum absolute atomic E-state index is 0.312. The highest BCUT2D eigenvalue weighted by Crippen LogP contribution is 2.43. The number of nitriles is 1. The highest BCUT2D eigenvalue weighted by Gasteiger charge is 2.40. The highest BCUT2D eigenvalue weighted by molar-refractivity contribution is 6.31. The molecule has 0 amide bonds. The molecule has 4 heteroatoms. The Morgan fingerprint density at radius 3 is 2.88 bits per heavy atom. The minimum Gasteiger partial charge on any atom is -0.356 e. The summed E-state index contributed by atoms with van der Waals surface area (Å²) in [6, 6.07) is 6.23. The van der Waals surface area contributed by atoms with Gasteiger partial charge in [-0.2, -0.15) is 5.26 Å². The minimum atomic E-state index is -0.312. The van der Waals surface area contributed by atoms with E-state index in [4.69, 9.17) is 11.6 Å². The van der Waals surface area contributed by atoms with Crippen LogP contribution in [0.25, 0.3) is 11.0 Å². The number of aromatic nitrogens is 2. The third-order valence-electron chi connectivity index (χ3n) is 3.37. The number of hydrogen-bond acceptors (Lipinski definition) is 2. The molecule has 1 saturated carbocycles.